The summed E-state index contributed by atoms with van der Waals surface area (Å²) in [4.78, 5) is 9.75. The Bertz CT molecular complexity index is 3690. The molecule has 0 bridgehead atoms. The number of hydrogen-bond donors (Lipinski definition) is 1. The third kappa shape index (κ3) is 7.42. The van der Waals surface area contributed by atoms with Crippen molar-refractivity contribution in [2.45, 2.75) is 52.4 Å². The Morgan fingerprint density at radius 1 is 0.533 bits per heavy atom. The van der Waals surface area contributed by atoms with Gasteiger partial charge >= 0.3 is 0 Å². The van der Waals surface area contributed by atoms with Gasteiger partial charge in [0.2, 0.25) is 0 Å². The van der Waals surface area contributed by atoms with Gasteiger partial charge in [0.15, 0.2) is 0 Å². The molecule has 0 amide bonds. The summed E-state index contributed by atoms with van der Waals surface area (Å²) in [5.74, 6) is 0.465. The first-order chi connectivity index (χ1) is 34.3. The lowest BCUT2D eigenvalue weighted by molar-refractivity contribution is 0.446. The van der Waals surface area contributed by atoms with Crippen molar-refractivity contribution < 1.29 is 22.9 Å². The molecule has 60 heavy (non-hydrogen) atoms. The maximum Gasteiger partial charge on any atom is 0.149 e. The zero-order valence-electron chi connectivity index (χ0n) is 47.1. The average molecular weight is 793 g/mol. The fourth-order valence-corrected chi connectivity index (χ4v) is 7.43. The number of imidazole rings is 1. The van der Waals surface area contributed by atoms with E-state index in [-0.39, 0.29) is 33.5 Å². The molecule has 0 fully saturated rings. The minimum absolute atomic E-state index is 0.0537. The van der Waals surface area contributed by atoms with E-state index < -0.39 is 95.2 Å². The zero-order chi connectivity index (χ0) is 52.9. The average Bonchev–Trinajstić information content (AvgIpc) is 3.75. The third-order valence-corrected chi connectivity index (χ3v) is 10.6. The van der Waals surface area contributed by atoms with E-state index in [1.54, 1.807) is 18.2 Å². The molecule has 0 radical (unpaired) electrons. The molecule has 1 N–H and O–H groups in total. The maximum absolute atomic E-state index is 12.4. The smallest absolute Gasteiger partial charge is 0.149 e. The molecule has 2 heterocycles. The van der Waals surface area contributed by atoms with Crippen LogP contribution in [0.3, 0.4) is 0 Å². The third-order valence-electron chi connectivity index (χ3n) is 10.6. The van der Waals surface area contributed by atoms with E-state index in [0.717, 1.165) is 27.9 Å². The maximum atomic E-state index is 12.4. The second kappa shape index (κ2) is 15.3. The van der Waals surface area contributed by atoms with E-state index in [9.17, 15) is 6.48 Å². The first-order valence-corrected chi connectivity index (χ1v) is 19.7. The van der Waals surface area contributed by atoms with E-state index >= 15 is 0 Å². The highest BCUT2D eigenvalue weighted by molar-refractivity contribution is 5.98. The molecule has 4 nitrogen and oxygen atoms in total. The largest absolute Gasteiger partial charge is 0.507 e. The Hall–Kier alpha value is -7.04. The number of phenols is 1. The van der Waals surface area contributed by atoms with Crippen molar-refractivity contribution in [2.75, 3.05) is 0 Å². The van der Waals surface area contributed by atoms with Gasteiger partial charge in [-0.2, -0.15) is 0 Å². The summed E-state index contributed by atoms with van der Waals surface area (Å²) in [6, 6.07) is 24.7. The van der Waals surface area contributed by atoms with Crippen molar-refractivity contribution in [2.24, 2.45) is 0 Å². The van der Waals surface area contributed by atoms with Gasteiger partial charge in [-0.15, -0.1) is 0 Å². The number of para-hydroxylation sites is 1. The molecule has 7 aromatic carbocycles. The number of benzene rings is 7. The van der Waals surface area contributed by atoms with Gasteiger partial charge in [-0.25, -0.2) is 4.98 Å². The normalized spacial score (nSPS) is 14.9. The second-order valence-corrected chi connectivity index (χ2v) is 16.8. The molecule has 294 valence electrons. The molecule has 0 aliphatic rings. The monoisotopic (exact) mass is 792 g/mol. The van der Waals surface area contributed by atoms with Gasteiger partial charge in [0.05, 0.1) is 40.1 Å². The fraction of sp³-hybridized carbons (Fsp3) is 0.143. The van der Waals surface area contributed by atoms with Crippen molar-refractivity contribution in [1.82, 2.24) is 14.5 Å². The van der Waals surface area contributed by atoms with Crippen LogP contribution in [-0.2, 0) is 10.8 Å². The van der Waals surface area contributed by atoms with Crippen LogP contribution >= 0.6 is 0 Å². The van der Waals surface area contributed by atoms with Crippen LogP contribution in [-0.4, -0.2) is 19.6 Å². The first kappa shape index (κ1) is 26.1. The van der Waals surface area contributed by atoms with Gasteiger partial charge in [0.1, 0.15) is 11.6 Å². The van der Waals surface area contributed by atoms with Crippen molar-refractivity contribution in [3.63, 3.8) is 0 Å². The molecule has 0 saturated carbocycles. The minimum Gasteiger partial charge on any atom is -0.507 e. The van der Waals surface area contributed by atoms with E-state index in [4.69, 9.17) is 21.4 Å². The van der Waals surface area contributed by atoms with Gasteiger partial charge in [-0.05, 0) is 110 Å². The van der Waals surface area contributed by atoms with Crippen molar-refractivity contribution in [3.8, 4) is 78.6 Å². The van der Waals surface area contributed by atoms with Crippen LogP contribution in [0.15, 0.2) is 182 Å². The quantitative estimate of drug-likeness (QED) is 0.175. The lowest BCUT2D eigenvalue weighted by Gasteiger charge is -2.27. The van der Waals surface area contributed by atoms with Crippen molar-refractivity contribution >= 4 is 11.0 Å². The summed E-state index contributed by atoms with van der Waals surface area (Å²) < 4.78 is 115. The van der Waals surface area contributed by atoms with Gasteiger partial charge < -0.3 is 5.11 Å². The van der Waals surface area contributed by atoms with Crippen LogP contribution in [0.2, 0.25) is 0 Å². The molecule has 0 atom stereocenters. The Morgan fingerprint density at radius 3 is 1.83 bits per heavy atom. The summed E-state index contributed by atoms with van der Waals surface area (Å²) in [7, 11) is 0. The standard InChI is InChI=1S/C56H49N3O/c1-55(2,3)45-35-48(53(60)49(36-45)56(4,5)6)54-58-52-47(23-16-24-51(52)59(54)46-27-25-40(26-28-46)37-17-10-7-11-18-37)43-31-42(39-21-14-9-15-22-39)32-44(33-43)50-34-41(29-30-57-50)38-19-12-8-13-20-38/h7-36,60H,1-6H3/i8D,9D,12D,13D,14D,15D,19D,20D,21D,22D,29D,30D,34D. The summed E-state index contributed by atoms with van der Waals surface area (Å²) in [6.45, 7) is 12.4. The number of aromatic nitrogens is 3. The highest BCUT2D eigenvalue weighted by atomic mass is 16.3. The van der Waals surface area contributed by atoms with Crippen LogP contribution < -0.4 is 0 Å². The number of phenolic OH excluding ortho intramolecular Hbond substituents is 1. The topological polar surface area (TPSA) is 50.9 Å². The van der Waals surface area contributed by atoms with Crippen molar-refractivity contribution in [1.29, 1.82) is 0 Å². The number of aromatic hydroxyl groups is 1. The van der Waals surface area contributed by atoms with E-state index in [0.29, 0.717) is 33.5 Å². The lowest BCUT2D eigenvalue weighted by Crippen LogP contribution is -2.17. The van der Waals surface area contributed by atoms with Crippen LogP contribution in [0.4, 0.5) is 0 Å². The molecule has 4 heteroatoms. The van der Waals surface area contributed by atoms with E-state index in [2.05, 4.69) is 25.8 Å². The Balaban J connectivity index is 1.39. The molecule has 0 unspecified atom stereocenters. The second-order valence-electron chi connectivity index (χ2n) is 16.8. The fourth-order valence-electron chi connectivity index (χ4n) is 7.43. The van der Waals surface area contributed by atoms with Crippen molar-refractivity contribution in [3.05, 3.63) is 193 Å². The Labute approximate surface area is 371 Å². The SMILES string of the molecule is [2H]c1nc(-c2cc(-c3c([2H])c([2H])c([2H])c([2H])c3[2H])cc(-c3cccc4c3nc(-c3cc(C(C)(C)C)cc(C(C)(C)C)c3O)n4-c3ccc(-c4ccccc4)cc3)c2)c([2H])c(-c2c([2H])c([2H])c([2H])c([2H])c2[2H])c1[2H]. The predicted octanol–water partition coefficient (Wildman–Crippen LogP) is 14.7. The Morgan fingerprint density at radius 2 is 1.17 bits per heavy atom. The summed E-state index contributed by atoms with van der Waals surface area (Å²) in [5, 5.41) is 12.4. The zero-order valence-corrected chi connectivity index (χ0v) is 34.1. The molecule has 2 aromatic heterocycles. The van der Waals surface area contributed by atoms with Crippen LogP contribution in [0.25, 0.3) is 83.9 Å². The van der Waals surface area contributed by atoms with Gasteiger partial charge in [-0.3, -0.25) is 9.55 Å². The Kier molecular flexibility index (Phi) is 6.66. The molecule has 0 aliphatic carbocycles. The number of pyridine rings is 1. The van der Waals surface area contributed by atoms with E-state index in [1.807, 2.05) is 104 Å². The lowest BCUT2D eigenvalue weighted by atomic mass is 9.79. The molecule has 0 spiro atoms. The number of fused-ring (bicyclic) bond motifs is 1. The van der Waals surface area contributed by atoms with Gasteiger partial charge in [0, 0.05) is 28.6 Å². The number of nitrogens with zero attached hydrogens (tertiary/aromatic N) is 3. The van der Waals surface area contributed by atoms with Crippen LogP contribution in [0.5, 0.6) is 5.75 Å². The number of hydrogen-bond acceptors (Lipinski definition) is 3. The van der Waals surface area contributed by atoms with Crippen LogP contribution in [0.1, 0.15) is 70.5 Å². The molecule has 0 saturated heterocycles. The molecule has 9 rings (SSSR count). The highest BCUT2D eigenvalue weighted by Crippen LogP contribution is 2.45. The van der Waals surface area contributed by atoms with Gasteiger partial charge in [0.25, 0.3) is 0 Å². The molecule has 0 aliphatic heterocycles. The van der Waals surface area contributed by atoms with Crippen LogP contribution in [0, 0.1) is 0 Å². The predicted molar refractivity (Wildman–Crippen MR) is 251 cm³/mol. The summed E-state index contributed by atoms with van der Waals surface area (Å²) in [6.07, 6.45) is -0.668. The highest BCUT2D eigenvalue weighted by Gasteiger charge is 2.28. The summed E-state index contributed by atoms with van der Waals surface area (Å²) in [5.41, 5.74) is 4.85. The molecular formula is C56H49N3O. The molecule has 9 aromatic rings. The first-order valence-electron chi connectivity index (χ1n) is 26.2. The number of rotatable bonds is 7. The molecular weight excluding hydrogens is 731 g/mol. The minimum atomic E-state index is -0.697. The van der Waals surface area contributed by atoms with Gasteiger partial charge in [-0.1, -0.05) is 163 Å². The summed E-state index contributed by atoms with van der Waals surface area (Å²) >= 11 is 0. The van der Waals surface area contributed by atoms with E-state index in [1.165, 1.54) is 6.07 Å².